The van der Waals surface area contributed by atoms with Gasteiger partial charge in [-0.2, -0.15) is 5.10 Å². The molecule has 6 heteroatoms. The van der Waals surface area contributed by atoms with E-state index in [4.69, 9.17) is 4.74 Å². The smallest absolute Gasteiger partial charge is 0.254 e. The molecule has 25 heavy (non-hydrogen) atoms. The van der Waals surface area contributed by atoms with Crippen LogP contribution in [0.5, 0.6) is 5.75 Å². The van der Waals surface area contributed by atoms with Crippen LogP contribution in [0.1, 0.15) is 15.9 Å². The molecule has 1 N–H and O–H groups in total. The summed E-state index contributed by atoms with van der Waals surface area (Å²) in [5, 5.41) is 6.72. The van der Waals surface area contributed by atoms with E-state index in [1.807, 2.05) is 24.3 Å². The highest BCUT2D eigenvalue weighted by atomic mass is 19.1. The van der Waals surface area contributed by atoms with E-state index in [1.54, 1.807) is 37.3 Å². The van der Waals surface area contributed by atoms with Crippen molar-refractivity contribution in [3.63, 3.8) is 0 Å². The average Bonchev–Trinajstić information content (AvgIpc) is 3.05. The number of carbonyl (C=O) groups is 1. The normalized spacial score (nSPS) is 10.5. The SMILES string of the molecule is COc1ccc(-c2ccc(C(=O)NCc3cnn(C)c3)c(F)c2)cc1. The van der Waals surface area contributed by atoms with Gasteiger partial charge in [0.2, 0.25) is 0 Å². The van der Waals surface area contributed by atoms with Gasteiger partial charge in [0, 0.05) is 25.4 Å². The molecule has 0 atom stereocenters. The minimum atomic E-state index is -0.558. The largest absolute Gasteiger partial charge is 0.497 e. The van der Waals surface area contributed by atoms with Crippen molar-refractivity contribution in [2.75, 3.05) is 7.11 Å². The lowest BCUT2D eigenvalue weighted by molar-refractivity contribution is 0.0947. The summed E-state index contributed by atoms with van der Waals surface area (Å²) in [6, 6.07) is 11.9. The molecule has 0 unspecified atom stereocenters. The summed E-state index contributed by atoms with van der Waals surface area (Å²) in [6.07, 6.45) is 3.45. The number of hydrogen-bond acceptors (Lipinski definition) is 3. The highest BCUT2D eigenvalue weighted by Gasteiger charge is 2.13. The fourth-order valence-electron chi connectivity index (χ4n) is 2.50. The third-order valence-electron chi connectivity index (χ3n) is 3.85. The highest BCUT2D eigenvalue weighted by molar-refractivity contribution is 5.95. The summed E-state index contributed by atoms with van der Waals surface area (Å²) in [5.74, 6) is -0.282. The van der Waals surface area contributed by atoms with Gasteiger partial charge in [-0.15, -0.1) is 0 Å². The Balaban J connectivity index is 1.73. The number of rotatable bonds is 5. The third-order valence-corrected chi connectivity index (χ3v) is 3.85. The lowest BCUT2D eigenvalue weighted by Gasteiger charge is -2.08. The molecule has 1 heterocycles. The number of nitrogens with one attached hydrogen (secondary N) is 1. The van der Waals surface area contributed by atoms with E-state index >= 15 is 0 Å². The second kappa shape index (κ2) is 7.17. The summed E-state index contributed by atoms with van der Waals surface area (Å²) in [7, 11) is 3.39. The molecule has 0 fully saturated rings. The fraction of sp³-hybridized carbons (Fsp3) is 0.158. The van der Waals surface area contributed by atoms with Crippen molar-refractivity contribution in [1.29, 1.82) is 0 Å². The molecule has 1 aromatic heterocycles. The Labute approximate surface area is 145 Å². The standard InChI is InChI=1S/C19H18FN3O2/c1-23-12-13(11-22-23)10-21-19(24)17-8-5-15(9-18(17)20)14-3-6-16(25-2)7-4-14/h3-9,11-12H,10H2,1-2H3,(H,21,24). The predicted octanol–water partition coefficient (Wildman–Crippen LogP) is 3.16. The molecule has 0 bridgehead atoms. The van der Waals surface area contributed by atoms with Crippen LogP contribution in [-0.2, 0) is 13.6 Å². The van der Waals surface area contributed by atoms with Crippen molar-refractivity contribution in [3.05, 3.63) is 71.8 Å². The molecule has 3 rings (SSSR count). The molecular formula is C19H18FN3O2. The Morgan fingerprint density at radius 3 is 2.52 bits per heavy atom. The molecule has 3 aromatic rings. The van der Waals surface area contributed by atoms with E-state index < -0.39 is 11.7 Å². The third kappa shape index (κ3) is 3.85. The lowest BCUT2D eigenvalue weighted by Crippen LogP contribution is -2.23. The van der Waals surface area contributed by atoms with Crippen LogP contribution in [0.3, 0.4) is 0 Å². The van der Waals surface area contributed by atoms with E-state index in [9.17, 15) is 9.18 Å². The van der Waals surface area contributed by atoms with Crippen molar-refractivity contribution in [2.24, 2.45) is 7.05 Å². The minimum Gasteiger partial charge on any atom is -0.497 e. The first-order chi connectivity index (χ1) is 12.1. The number of ether oxygens (including phenoxy) is 1. The Kier molecular flexibility index (Phi) is 4.79. The summed E-state index contributed by atoms with van der Waals surface area (Å²) in [5.41, 5.74) is 2.42. The van der Waals surface area contributed by atoms with Crippen LogP contribution in [0.15, 0.2) is 54.9 Å². The Morgan fingerprint density at radius 2 is 1.92 bits per heavy atom. The molecule has 0 radical (unpaired) electrons. The van der Waals surface area contributed by atoms with Crippen molar-refractivity contribution in [3.8, 4) is 16.9 Å². The van der Waals surface area contributed by atoms with Crippen LogP contribution >= 0.6 is 0 Å². The molecule has 2 aromatic carbocycles. The summed E-state index contributed by atoms with van der Waals surface area (Å²) in [6.45, 7) is 0.298. The van der Waals surface area contributed by atoms with Crippen molar-refractivity contribution in [1.82, 2.24) is 15.1 Å². The van der Waals surface area contributed by atoms with Crippen molar-refractivity contribution >= 4 is 5.91 Å². The number of amides is 1. The number of hydrogen-bond donors (Lipinski definition) is 1. The van der Waals surface area contributed by atoms with Crippen LogP contribution in [0, 0.1) is 5.82 Å². The zero-order valence-electron chi connectivity index (χ0n) is 14.0. The monoisotopic (exact) mass is 339 g/mol. The second-order valence-electron chi connectivity index (χ2n) is 5.63. The molecule has 0 aliphatic rings. The summed E-state index contributed by atoms with van der Waals surface area (Å²) in [4.78, 5) is 12.2. The zero-order chi connectivity index (χ0) is 17.8. The maximum atomic E-state index is 14.4. The lowest BCUT2D eigenvalue weighted by atomic mass is 10.0. The fourth-order valence-corrected chi connectivity index (χ4v) is 2.50. The van der Waals surface area contributed by atoms with Gasteiger partial charge in [-0.05, 0) is 35.4 Å². The molecule has 0 aliphatic heterocycles. The van der Waals surface area contributed by atoms with Crippen LogP contribution < -0.4 is 10.1 Å². The van der Waals surface area contributed by atoms with Gasteiger partial charge in [0.05, 0.1) is 18.9 Å². The van der Waals surface area contributed by atoms with E-state index in [0.717, 1.165) is 16.9 Å². The van der Waals surface area contributed by atoms with E-state index in [2.05, 4.69) is 10.4 Å². The van der Waals surface area contributed by atoms with Gasteiger partial charge in [-0.3, -0.25) is 9.48 Å². The molecule has 0 aliphatic carbocycles. The number of aryl methyl sites for hydroxylation is 1. The topological polar surface area (TPSA) is 56.1 Å². The summed E-state index contributed by atoms with van der Waals surface area (Å²) < 4.78 is 21.1. The first-order valence-corrected chi connectivity index (χ1v) is 7.76. The maximum absolute atomic E-state index is 14.4. The maximum Gasteiger partial charge on any atom is 0.254 e. The number of halogens is 1. The van der Waals surface area contributed by atoms with Gasteiger partial charge >= 0.3 is 0 Å². The number of methoxy groups -OCH3 is 1. The van der Waals surface area contributed by atoms with Gasteiger partial charge in [0.1, 0.15) is 11.6 Å². The van der Waals surface area contributed by atoms with Crippen LogP contribution in [0.4, 0.5) is 4.39 Å². The molecule has 128 valence electrons. The second-order valence-corrected chi connectivity index (χ2v) is 5.63. The molecule has 0 saturated heterocycles. The predicted molar refractivity (Wildman–Crippen MR) is 92.8 cm³/mol. The van der Waals surface area contributed by atoms with E-state index in [-0.39, 0.29) is 5.56 Å². The number of nitrogens with zero attached hydrogens (tertiary/aromatic N) is 2. The molecule has 5 nitrogen and oxygen atoms in total. The number of aromatic nitrogens is 2. The van der Waals surface area contributed by atoms with Crippen LogP contribution in [0.2, 0.25) is 0 Å². The Bertz CT molecular complexity index is 888. The quantitative estimate of drug-likeness (QED) is 0.777. The van der Waals surface area contributed by atoms with E-state index in [1.165, 1.54) is 12.1 Å². The van der Waals surface area contributed by atoms with Crippen molar-refractivity contribution < 1.29 is 13.9 Å². The summed E-state index contributed by atoms with van der Waals surface area (Å²) >= 11 is 0. The molecule has 0 spiro atoms. The molecule has 0 saturated carbocycles. The number of benzene rings is 2. The highest BCUT2D eigenvalue weighted by Crippen LogP contribution is 2.24. The zero-order valence-corrected chi connectivity index (χ0v) is 14.0. The van der Waals surface area contributed by atoms with Gasteiger partial charge in [-0.25, -0.2) is 4.39 Å². The Hall–Kier alpha value is -3.15. The van der Waals surface area contributed by atoms with Crippen LogP contribution in [-0.4, -0.2) is 22.8 Å². The molecular weight excluding hydrogens is 321 g/mol. The first kappa shape index (κ1) is 16.7. The van der Waals surface area contributed by atoms with Crippen molar-refractivity contribution in [2.45, 2.75) is 6.54 Å². The first-order valence-electron chi connectivity index (χ1n) is 7.76. The van der Waals surface area contributed by atoms with Gasteiger partial charge in [0.15, 0.2) is 0 Å². The van der Waals surface area contributed by atoms with Crippen LogP contribution in [0.25, 0.3) is 11.1 Å². The van der Waals surface area contributed by atoms with Gasteiger partial charge < -0.3 is 10.1 Å². The molecule has 1 amide bonds. The van der Waals surface area contributed by atoms with Gasteiger partial charge in [0.25, 0.3) is 5.91 Å². The van der Waals surface area contributed by atoms with Gasteiger partial charge in [-0.1, -0.05) is 18.2 Å². The minimum absolute atomic E-state index is 0.0150. The number of carbonyl (C=O) groups excluding carboxylic acids is 1. The Morgan fingerprint density at radius 1 is 1.20 bits per heavy atom. The van der Waals surface area contributed by atoms with E-state index in [0.29, 0.717) is 12.1 Å². The average molecular weight is 339 g/mol.